The van der Waals surface area contributed by atoms with Crippen molar-refractivity contribution in [3.8, 4) is 0 Å². The average molecular weight is 518 g/mol. The molecule has 0 aliphatic carbocycles. The number of amides is 1. The number of halogens is 4. The summed E-state index contributed by atoms with van der Waals surface area (Å²) in [5.41, 5.74) is 6.03. The zero-order chi connectivity index (χ0) is 26.3. The summed E-state index contributed by atoms with van der Waals surface area (Å²) in [5, 5.41) is 17.4. The van der Waals surface area contributed by atoms with Gasteiger partial charge in [-0.2, -0.15) is 13.2 Å². The molecule has 0 saturated heterocycles. The molecule has 0 atom stereocenters. The van der Waals surface area contributed by atoms with E-state index in [4.69, 9.17) is 21.5 Å². The van der Waals surface area contributed by atoms with Crippen molar-refractivity contribution in [2.45, 2.75) is 19.6 Å². The SMILES string of the molecule is CCNCc1ccc(NC(=C2C(=O)Nc3cc(Cl)ccc32)c2ccccc2)cc1.O=C(O)C(F)(F)F. The molecule has 36 heavy (non-hydrogen) atoms. The lowest BCUT2D eigenvalue weighted by atomic mass is 10.00. The minimum atomic E-state index is -5.08. The summed E-state index contributed by atoms with van der Waals surface area (Å²) in [6.07, 6.45) is -5.08. The number of anilines is 2. The number of nitrogens with one attached hydrogen (secondary N) is 3. The third kappa shape index (κ3) is 6.87. The van der Waals surface area contributed by atoms with Crippen LogP contribution in [0.3, 0.4) is 0 Å². The van der Waals surface area contributed by atoms with Crippen LogP contribution in [-0.4, -0.2) is 29.7 Å². The fraction of sp³-hybridized carbons (Fsp3) is 0.154. The molecule has 0 radical (unpaired) electrons. The Morgan fingerprint density at radius 1 is 1.03 bits per heavy atom. The number of carbonyl (C=O) groups excluding carboxylic acids is 1. The fourth-order valence-corrected chi connectivity index (χ4v) is 3.57. The van der Waals surface area contributed by atoms with Gasteiger partial charge in [-0.3, -0.25) is 4.79 Å². The molecule has 1 aliphatic rings. The number of aliphatic carboxylic acids is 1. The Balaban J connectivity index is 0.000000454. The van der Waals surface area contributed by atoms with Crippen LogP contribution in [0.25, 0.3) is 11.3 Å². The third-order valence-corrected chi connectivity index (χ3v) is 5.32. The van der Waals surface area contributed by atoms with Crippen molar-refractivity contribution in [2.75, 3.05) is 17.2 Å². The number of benzene rings is 3. The van der Waals surface area contributed by atoms with E-state index in [0.29, 0.717) is 10.6 Å². The Labute approximate surface area is 210 Å². The standard InChI is InChI=1S/C24H22ClN3O.C2HF3O2/c1-2-26-15-16-8-11-19(12-9-16)27-23(17-6-4-3-5-7-17)22-20-13-10-18(25)14-21(20)28-24(22)29;3-2(4,5)1(6)7/h3-14,26-27H,2,15H2,1H3,(H,28,29);(H,6,7). The maximum atomic E-state index is 12.9. The summed E-state index contributed by atoms with van der Waals surface area (Å²) >= 11 is 6.11. The molecule has 0 bridgehead atoms. The first-order valence-electron chi connectivity index (χ1n) is 10.9. The molecule has 0 aromatic heterocycles. The first-order valence-corrected chi connectivity index (χ1v) is 11.3. The van der Waals surface area contributed by atoms with E-state index in [-0.39, 0.29) is 5.91 Å². The first-order chi connectivity index (χ1) is 17.1. The first kappa shape index (κ1) is 26.8. The third-order valence-electron chi connectivity index (χ3n) is 5.08. The van der Waals surface area contributed by atoms with Crippen LogP contribution in [0.1, 0.15) is 23.6 Å². The molecule has 0 fully saturated rings. The maximum absolute atomic E-state index is 12.9. The van der Waals surface area contributed by atoms with E-state index in [1.807, 2.05) is 48.5 Å². The Kier molecular flexibility index (Phi) is 8.73. The molecule has 0 saturated carbocycles. The van der Waals surface area contributed by atoms with Gasteiger partial charge >= 0.3 is 12.1 Å². The number of alkyl halides is 3. The van der Waals surface area contributed by atoms with E-state index in [2.05, 4.69) is 35.0 Å². The smallest absolute Gasteiger partial charge is 0.475 e. The zero-order valence-corrected chi connectivity index (χ0v) is 19.9. The Morgan fingerprint density at radius 2 is 1.67 bits per heavy atom. The second kappa shape index (κ2) is 11.7. The number of fused-ring (bicyclic) bond motifs is 1. The maximum Gasteiger partial charge on any atom is 0.490 e. The van der Waals surface area contributed by atoms with Crippen LogP contribution in [0.2, 0.25) is 5.02 Å². The molecule has 3 aromatic rings. The van der Waals surface area contributed by atoms with Gasteiger partial charge < -0.3 is 21.1 Å². The van der Waals surface area contributed by atoms with Crippen LogP contribution in [0.5, 0.6) is 0 Å². The Hall–Kier alpha value is -3.82. The van der Waals surface area contributed by atoms with Gasteiger partial charge in [0.05, 0.1) is 17.0 Å². The normalized spacial score (nSPS) is 13.8. The average Bonchev–Trinajstić information content (AvgIpc) is 3.16. The van der Waals surface area contributed by atoms with E-state index in [1.165, 1.54) is 5.56 Å². The summed E-state index contributed by atoms with van der Waals surface area (Å²) in [6.45, 7) is 3.86. The molecular weight excluding hydrogens is 495 g/mol. The van der Waals surface area contributed by atoms with Crippen LogP contribution in [-0.2, 0) is 16.1 Å². The van der Waals surface area contributed by atoms with Crippen molar-refractivity contribution in [1.82, 2.24) is 5.32 Å². The number of hydrogen-bond donors (Lipinski definition) is 4. The number of carboxylic acid groups (broad SMARTS) is 1. The van der Waals surface area contributed by atoms with Gasteiger partial charge in [0.1, 0.15) is 0 Å². The van der Waals surface area contributed by atoms with Gasteiger partial charge in [-0.05, 0) is 41.9 Å². The number of carboxylic acids is 1. The van der Waals surface area contributed by atoms with Gasteiger partial charge in [0, 0.05) is 22.8 Å². The van der Waals surface area contributed by atoms with Crippen LogP contribution in [0, 0.1) is 0 Å². The summed E-state index contributed by atoms with van der Waals surface area (Å²) < 4.78 is 31.7. The molecule has 4 N–H and O–H groups in total. The van der Waals surface area contributed by atoms with Gasteiger partial charge in [0.15, 0.2) is 0 Å². The van der Waals surface area contributed by atoms with Crippen LogP contribution in [0.4, 0.5) is 24.5 Å². The van der Waals surface area contributed by atoms with Crippen molar-refractivity contribution >= 4 is 46.1 Å². The van der Waals surface area contributed by atoms with E-state index in [0.717, 1.165) is 41.3 Å². The summed E-state index contributed by atoms with van der Waals surface area (Å²) in [4.78, 5) is 21.8. The summed E-state index contributed by atoms with van der Waals surface area (Å²) in [7, 11) is 0. The molecule has 1 heterocycles. The van der Waals surface area contributed by atoms with Gasteiger partial charge in [-0.15, -0.1) is 0 Å². The lowest BCUT2D eigenvalue weighted by molar-refractivity contribution is -0.192. The molecule has 1 amide bonds. The zero-order valence-electron chi connectivity index (χ0n) is 19.1. The fourth-order valence-electron chi connectivity index (χ4n) is 3.40. The summed E-state index contributed by atoms with van der Waals surface area (Å²) in [5.74, 6) is -2.90. The Bertz CT molecular complexity index is 1260. The highest BCUT2D eigenvalue weighted by atomic mass is 35.5. The predicted molar refractivity (Wildman–Crippen MR) is 134 cm³/mol. The van der Waals surface area contributed by atoms with Gasteiger partial charge in [0.2, 0.25) is 0 Å². The lowest BCUT2D eigenvalue weighted by Crippen LogP contribution is -2.21. The van der Waals surface area contributed by atoms with Gasteiger partial charge in [-0.25, -0.2) is 4.79 Å². The minimum absolute atomic E-state index is 0.141. The highest BCUT2D eigenvalue weighted by Crippen LogP contribution is 2.38. The van der Waals surface area contributed by atoms with Crippen LogP contribution < -0.4 is 16.0 Å². The van der Waals surface area contributed by atoms with E-state index in [9.17, 15) is 18.0 Å². The molecule has 4 rings (SSSR count). The quantitative estimate of drug-likeness (QED) is 0.300. The largest absolute Gasteiger partial charge is 0.490 e. The molecule has 1 aliphatic heterocycles. The monoisotopic (exact) mass is 517 g/mol. The van der Waals surface area contributed by atoms with Gasteiger partial charge in [-0.1, -0.05) is 67.1 Å². The second-order valence-corrected chi connectivity index (χ2v) is 8.10. The molecule has 0 unspecified atom stereocenters. The Morgan fingerprint density at radius 3 is 2.25 bits per heavy atom. The molecule has 10 heteroatoms. The van der Waals surface area contributed by atoms with Crippen LogP contribution >= 0.6 is 11.6 Å². The van der Waals surface area contributed by atoms with Crippen molar-refractivity contribution in [3.63, 3.8) is 0 Å². The van der Waals surface area contributed by atoms with Crippen molar-refractivity contribution in [2.24, 2.45) is 0 Å². The number of hydrogen-bond acceptors (Lipinski definition) is 4. The molecule has 0 spiro atoms. The second-order valence-electron chi connectivity index (χ2n) is 7.67. The minimum Gasteiger partial charge on any atom is -0.475 e. The highest BCUT2D eigenvalue weighted by molar-refractivity contribution is 6.38. The number of carbonyl (C=O) groups is 2. The molecular formula is C26H23ClF3N3O3. The van der Waals surface area contributed by atoms with E-state index >= 15 is 0 Å². The van der Waals surface area contributed by atoms with Crippen LogP contribution in [0.15, 0.2) is 72.8 Å². The van der Waals surface area contributed by atoms with E-state index < -0.39 is 12.1 Å². The van der Waals surface area contributed by atoms with Crippen molar-refractivity contribution in [1.29, 1.82) is 0 Å². The van der Waals surface area contributed by atoms with Gasteiger partial charge in [0.25, 0.3) is 5.91 Å². The lowest BCUT2D eigenvalue weighted by Gasteiger charge is -2.15. The molecule has 188 valence electrons. The summed E-state index contributed by atoms with van der Waals surface area (Å²) in [6, 6.07) is 23.6. The number of rotatable bonds is 6. The molecule has 6 nitrogen and oxygen atoms in total. The van der Waals surface area contributed by atoms with E-state index in [1.54, 1.807) is 12.1 Å². The highest BCUT2D eigenvalue weighted by Gasteiger charge is 2.38. The predicted octanol–water partition coefficient (Wildman–Crippen LogP) is 6.02. The molecule has 3 aromatic carbocycles. The topological polar surface area (TPSA) is 90.5 Å². The van der Waals surface area contributed by atoms with Crippen molar-refractivity contribution in [3.05, 3.63) is 94.5 Å². The van der Waals surface area contributed by atoms with Crippen molar-refractivity contribution < 1.29 is 27.9 Å².